The van der Waals surface area contributed by atoms with E-state index in [1.165, 1.54) is 6.07 Å². The monoisotopic (exact) mass is 315 g/mol. The molecule has 0 aliphatic rings. The van der Waals surface area contributed by atoms with Crippen molar-refractivity contribution in [1.82, 2.24) is 14.9 Å². The highest BCUT2D eigenvalue weighted by atomic mass is 35.5. The Balaban J connectivity index is 2.62. The van der Waals surface area contributed by atoms with Gasteiger partial charge in [-0.3, -0.25) is 9.69 Å². The fraction of sp³-hybridized carbons (Fsp3) is 0.385. The number of aromatic nitrogens is 2. The molecule has 2 aromatic rings. The number of aromatic amines is 1. The fourth-order valence-electron chi connectivity index (χ4n) is 2.01. The second-order valence-electron chi connectivity index (χ2n) is 4.39. The summed E-state index contributed by atoms with van der Waals surface area (Å²) in [6, 6.07) is 1.34. The van der Waals surface area contributed by atoms with Crippen LogP contribution >= 0.6 is 23.2 Å². The van der Waals surface area contributed by atoms with E-state index in [2.05, 4.69) is 14.9 Å². The maximum absolute atomic E-state index is 12.1. The molecule has 2 N–H and O–H groups in total. The third kappa shape index (κ3) is 2.75. The summed E-state index contributed by atoms with van der Waals surface area (Å²) in [5, 5.41) is 10.4. The first kappa shape index (κ1) is 15.1. The summed E-state index contributed by atoms with van der Waals surface area (Å²) in [7, 11) is 0. The molecule has 2 rings (SSSR count). The number of nitrogens with one attached hydrogen (secondary N) is 1. The smallest absolute Gasteiger partial charge is 0.260 e. The van der Waals surface area contributed by atoms with E-state index in [0.717, 1.165) is 13.1 Å². The Morgan fingerprint density at radius 2 is 1.95 bits per heavy atom. The van der Waals surface area contributed by atoms with Crippen LogP contribution in [0.15, 0.2) is 10.9 Å². The predicted molar refractivity (Wildman–Crippen MR) is 80.7 cm³/mol. The summed E-state index contributed by atoms with van der Waals surface area (Å²) in [6.07, 6.45) is 0. The Hall–Kier alpha value is -1.30. The number of phenols is 1. The van der Waals surface area contributed by atoms with E-state index in [9.17, 15) is 9.90 Å². The number of hydrogen-bond acceptors (Lipinski definition) is 4. The van der Waals surface area contributed by atoms with Gasteiger partial charge in [-0.15, -0.1) is 0 Å². The van der Waals surface area contributed by atoms with Crippen LogP contribution in [0.4, 0.5) is 0 Å². The van der Waals surface area contributed by atoms with Gasteiger partial charge < -0.3 is 10.1 Å². The average Bonchev–Trinajstić information content (AvgIpc) is 2.41. The van der Waals surface area contributed by atoms with Gasteiger partial charge >= 0.3 is 0 Å². The minimum absolute atomic E-state index is 0.0781. The van der Waals surface area contributed by atoms with Crippen LogP contribution in [0.25, 0.3) is 10.9 Å². The fourth-order valence-corrected chi connectivity index (χ4v) is 2.55. The second-order valence-corrected chi connectivity index (χ2v) is 5.20. The van der Waals surface area contributed by atoms with E-state index in [-0.39, 0.29) is 32.3 Å². The molecule has 0 saturated carbocycles. The molecule has 1 aromatic carbocycles. The molecule has 0 bridgehead atoms. The Morgan fingerprint density at radius 3 is 2.55 bits per heavy atom. The molecule has 1 heterocycles. The predicted octanol–water partition coefficient (Wildman–Crippen LogP) is 2.78. The second kappa shape index (κ2) is 5.99. The van der Waals surface area contributed by atoms with Crippen LogP contribution in [0.1, 0.15) is 19.7 Å². The molecule has 0 saturated heterocycles. The lowest BCUT2D eigenvalue weighted by atomic mass is 10.2. The van der Waals surface area contributed by atoms with Crippen molar-refractivity contribution in [2.45, 2.75) is 20.4 Å². The van der Waals surface area contributed by atoms with Crippen molar-refractivity contribution in [2.75, 3.05) is 13.1 Å². The number of H-pyrrole nitrogens is 1. The van der Waals surface area contributed by atoms with Gasteiger partial charge in [0.2, 0.25) is 0 Å². The Morgan fingerprint density at radius 1 is 1.30 bits per heavy atom. The lowest BCUT2D eigenvalue weighted by Crippen LogP contribution is -2.25. The first-order valence-electron chi connectivity index (χ1n) is 6.30. The third-order valence-corrected chi connectivity index (χ3v) is 3.77. The van der Waals surface area contributed by atoms with Crippen molar-refractivity contribution < 1.29 is 5.11 Å². The third-order valence-electron chi connectivity index (χ3n) is 3.18. The molecule has 20 heavy (non-hydrogen) atoms. The Labute approximate surface area is 126 Å². The summed E-state index contributed by atoms with van der Waals surface area (Å²) >= 11 is 11.8. The van der Waals surface area contributed by atoms with Crippen molar-refractivity contribution in [1.29, 1.82) is 0 Å². The van der Waals surface area contributed by atoms with Crippen LogP contribution < -0.4 is 5.56 Å². The van der Waals surface area contributed by atoms with Crippen LogP contribution in [0, 0.1) is 0 Å². The number of hydrogen-bond donors (Lipinski definition) is 2. The number of fused-ring (bicyclic) bond motifs is 1. The number of rotatable bonds is 4. The lowest BCUT2D eigenvalue weighted by Gasteiger charge is -2.17. The normalized spacial score (nSPS) is 11.4. The van der Waals surface area contributed by atoms with Crippen molar-refractivity contribution in [3.8, 4) is 5.75 Å². The van der Waals surface area contributed by atoms with Crippen LogP contribution in [0.2, 0.25) is 10.0 Å². The van der Waals surface area contributed by atoms with Crippen molar-refractivity contribution in [3.05, 3.63) is 32.3 Å². The Bertz CT molecular complexity index is 696. The largest absolute Gasteiger partial charge is 0.504 e. The summed E-state index contributed by atoms with van der Waals surface area (Å²) in [5.74, 6) is 0.248. The summed E-state index contributed by atoms with van der Waals surface area (Å²) in [5.41, 5.74) is -0.248. The zero-order valence-corrected chi connectivity index (χ0v) is 12.7. The molecular weight excluding hydrogens is 301 g/mol. The highest BCUT2D eigenvalue weighted by molar-refractivity contribution is 6.39. The number of aromatic hydroxyl groups is 1. The lowest BCUT2D eigenvalue weighted by molar-refractivity contribution is 0.288. The zero-order chi connectivity index (χ0) is 14.9. The van der Waals surface area contributed by atoms with E-state index in [1.54, 1.807) is 0 Å². The molecule has 0 unspecified atom stereocenters. The SMILES string of the molecule is CCN(CC)Cc1nc2c(O)c(Cl)cc(Cl)c2c(=O)[nH]1. The standard InChI is InChI=1S/C13H15Cl2N3O2/c1-3-18(4-2)6-9-16-11-10(13(20)17-9)7(14)5-8(15)12(11)19/h5,19H,3-4,6H2,1-2H3,(H,16,17,20). The van der Waals surface area contributed by atoms with Gasteiger partial charge in [0.1, 0.15) is 11.3 Å². The number of benzene rings is 1. The van der Waals surface area contributed by atoms with Crippen molar-refractivity contribution in [3.63, 3.8) is 0 Å². The van der Waals surface area contributed by atoms with Crippen molar-refractivity contribution >= 4 is 34.1 Å². The highest BCUT2D eigenvalue weighted by Crippen LogP contribution is 2.34. The molecular formula is C13H15Cl2N3O2. The van der Waals surface area contributed by atoms with Gasteiger partial charge in [-0.2, -0.15) is 0 Å². The molecule has 0 fully saturated rings. The highest BCUT2D eigenvalue weighted by Gasteiger charge is 2.15. The van der Waals surface area contributed by atoms with Gasteiger partial charge in [0.05, 0.1) is 22.0 Å². The minimum Gasteiger partial charge on any atom is -0.504 e. The molecule has 0 aliphatic heterocycles. The van der Waals surface area contributed by atoms with Gasteiger partial charge in [-0.25, -0.2) is 4.98 Å². The van der Waals surface area contributed by atoms with Crippen LogP contribution in [0.3, 0.4) is 0 Å². The first-order chi connectivity index (χ1) is 9.47. The zero-order valence-electron chi connectivity index (χ0n) is 11.2. The molecule has 7 heteroatoms. The molecule has 0 amide bonds. The van der Waals surface area contributed by atoms with Gasteiger partial charge in [0, 0.05) is 0 Å². The van der Waals surface area contributed by atoms with E-state index in [0.29, 0.717) is 12.4 Å². The van der Waals surface area contributed by atoms with Gasteiger partial charge in [-0.1, -0.05) is 37.0 Å². The van der Waals surface area contributed by atoms with Crippen LogP contribution in [-0.4, -0.2) is 33.1 Å². The molecule has 108 valence electrons. The molecule has 0 radical (unpaired) electrons. The van der Waals surface area contributed by atoms with Crippen LogP contribution in [-0.2, 0) is 6.54 Å². The number of nitrogens with zero attached hydrogens (tertiary/aromatic N) is 2. The summed E-state index contributed by atoms with van der Waals surface area (Å²) in [6.45, 7) is 6.20. The van der Waals surface area contributed by atoms with Crippen LogP contribution in [0.5, 0.6) is 5.75 Å². The summed E-state index contributed by atoms with van der Waals surface area (Å²) < 4.78 is 0. The maximum Gasteiger partial charge on any atom is 0.260 e. The Kier molecular flexibility index (Phi) is 4.52. The van der Waals surface area contributed by atoms with Crippen molar-refractivity contribution in [2.24, 2.45) is 0 Å². The van der Waals surface area contributed by atoms with E-state index >= 15 is 0 Å². The first-order valence-corrected chi connectivity index (χ1v) is 7.05. The topological polar surface area (TPSA) is 69.2 Å². The maximum atomic E-state index is 12.1. The molecule has 0 atom stereocenters. The van der Waals surface area contributed by atoms with E-state index in [1.807, 2.05) is 13.8 Å². The van der Waals surface area contributed by atoms with Gasteiger partial charge in [-0.05, 0) is 19.2 Å². The average molecular weight is 316 g/mol. The van der Waals surface area contributed by atoms with Gasteiger partial charge in [0.25, 0.3) is 5.56 Å². The molecule has 5 nitrogen and oxygen atoms in total. The summed E-state index contributed by atoms with van der Waals surface area (Å²) in [4.78, 5) is 21.1. The number of phenolic OH excluding ortho intramolecular Hbond substituents is 1. The quantitative estimate of drug-likeness (QED) is 0.910. The molecule has 0 aliphatic carbocycles. The van der Waals surface area contributed by atoms with E-state index in [4.69, 9.17) is 23.2 Å². The van der Waals surface area contributed by atoms with Gasteiger partial charge in [0.15, 0.2) is 5.75 Å². The molecule has 1 aromatic heterocycles. The molecule has 0 spiro atoms. The minimum atomic E-state index is -0.380. The van der Waals surface area contributed by atoms with E-state index < -0.39 is 0 Å². The number of halogens is 2.